The maximum absolute atomic E-state index is 12.2. The van der Waals surface area contributed by atoms with Gasteiger partial charge in [0.15, 0.2) is 9.84 Å². The molecule has 0 aliphatic carbocycles. The van der Waals surface area contributed by atoms with Gasteiger partial charge in [0.1, 0.15) is 0 Å². The number of benzene rings is 1. The average Bonchev–Trinajstić information content (AvgIpc) is 2.70. The number of halogens is 1. The minimum absolute atomic E-state index is 0.246. The summed E-state index contributed by atoms with van der Waals surface area (Å²) in [5.41, 5.74) is -1.43. The van der Waals surface area contributed by atoms with Gasteiger partial charge in [-0.3, -0.25) is 25.0 Å². The zero-order valence-electron chi connectivity index (χ0n) is 11.2. The summed E-state index contributed by atoms with van der Waals surface area (Å²) >= 11 is 6.51. The van der Waals surface area contributed by atoms with Crippen LogP contribution in [-0.4, -0.2) is 45.5 Å². The van der Waals surface area contributed by atoms with Crippen LogP contribution in [0.1, 0.15) is 10.4 Å². The van der Waals surface area contributed by atoms with Crippen LogP contribution < -0.4 is 0 Å². The van der Waals surface area contributed by atoms with Gasteiger partial charge < -0.3 is 0 Å². The molecule has 2 atom stereocenters. The van der Waals surface area contributed by atoms with E-state index in [-0.39, 0.29) is 17.1 Å². The third-order valence-electron chi connectivity index (χ3n) is 3.05. The van der Waals surface area contributed by atoms with Crippen LogP contribution >= 0.6 is 23.4 Å². The number of rotatable bonds is 4. The van der Waals surface area contributed by atoms with E-state index in [4.69, 9.17) is 11.6 Å². The van der Waals surface area contributed by atoms with Gasteiger partial charge in [-0.1, -0.05) is 11.8 Å². The van der Waals surface area contributed by atoms with E-state index in [2.05, 4.69) is 0 Å². The van der Waals surface area contributed by atoms with Crippen molar-refractivity contribution in [2.24, 2.45) is 0 Å². The molecule has 1 fully saturated rings. The molecule has 2 rings (SSSR count). The summed E-state index contributed by atoms with van der Waals surface area (Å²) in [4.78, 5) is 32.1. The van der Waals surface area contributed by atoms with Gasteiger partial charge in [0.05, 0.1) is 32.8 Å². The highest BCUT2D eigenvalue weighted by atomic mass is 35.5. The number of hydrogen-bond acceptors (Lipinski definition) is 8. The molecule has 0 bridgehead atoms. The fourth-order valence-electron chi connectivity index (χ4n) is 2.01. The van der Waals surface area contributed by atoms with Crippen LogP contribution in [0.25, 0.3) is 0 Å². The monoisotopic (exact) mass is 380 g/mol. The minimum Gasteiger partial charge on any atom is -0.282 e. The van der Waals surface area contributed by atoms with Crippen LogP contribution in [0, 0.1) is 20.2 Å². The van der Waals surface area contributed by atoms with Crippen LogP contribution in [0.2, 0.25) is 0 Å². The van der Waals surface area contributed by atoms with Crippen molar-refractivity contribution in [2.75, 3.05) is 11.5 Å². The molecule has 1 aliphatic rings. The van der Waals surface area contributed by atoms with E-state index in [1.807, 2.05) is 0 Å². The molecule has 1 aromatic carbocycles. The summed E-state index contributed by atoms with van der Waals surface area (Å²) in [7, 11) is -3.34. The molecule has 0 radical (unpaired) electrons. The number of thioether (sulfide) groups is 1. The van der Waals surface area contributed by atoms with E-state index in [1.54, 1.807) is 0 Å². The molecule has 1 saturated heterocycles. The van der Waals surface area contributed by atoms with Gasteiger partial charge in [-0.25, -0.2) is 8.42 Å². The normalized spacial score (nSPS) is 22.7. The molecular weight excluding hydrogens is 372 g/mol. The Bertz CT molecular complexity index is 763. The summed E-state index contributed by atoms with van der Waals surface area (Å²) in [5.74, 6) is -0.539. The van der Waals surface area contributed by atoms with Crippen LogP contribution in [0.4, 0.5) is 11.4 Å². The van der Waals surface area contributed by atoms with E-state index in [9.17, 15) is 33.4 Å². The summed E-state index contributed by atoms with van der Waals surface area (Å²) in [6, 6.07) is 2.57. The van der Waals surface area contributed by atoms with Crippen molar-refractivity contribution in [3.05, 3.63) is 44.0 Å². The molecule has 1 aliphatic heterocycles. The molecule has 9 nitrogen and oxygen atoms in total. The minimum atomic E-state index is -3.34. The fourth-order valence-corrected chi connectivity index (χ4v) is 6.31. The van der Waals surface area contributed by atoms with Crippen molar-refractivity contribution in [3.63, 3.8) is 0 Å². The molecule has 0 spiro atoms. The zero-order valence-corrected chi connectivity index (χ0v) is 13.6. The van der Waals surface area contributed by atoms with Gasteiger partial charge in [-0.05, 0) is 0 Å². The first kappa shape index (κ1) is 17.6. The van der Waals surface area contributed by atoms with Crippen molar-refractivity contribution in [3.8, 4) is 0 Å². The van der Waals surface area contributed by atoms with Gasteiger partial charge in [0.2, 0.25) is 5.12 Å². The number of carbonyl (C=O) groups excluding carboxylic acids is 1. The maximum atomic E-state index is 12.2. The Hall–Kier alpha value is -1.72. The Labute approximate surface area is 139 Å². The Kier molecular flexibility index (Phi) is 4.92. The van der Waals surface area contributed by atoms with Gasteiger partial charge in [0, 0.05) is 22.9 Å². The second kappa shape index (κ2) is 6.42. The van der Waals surface area contributed by atoms with Gasteiger partial charge in [-0.15, -0.1) is 11.6 Å². The first-order chi connectivity index (χ1) is 10.6. The number of nitrogens with zero attached hydrogens (tertiary/aromatic N) is 2. The lowest BCUT2D eigenvalue weighted by Crippen LogP contribution is -2.17. The Morgan fingerprint density at radius 2 is 1.65 bits per heavy atom. The lowest BCUT2D eigenvalue weighted by Gasteiger charge is -2.10. The highest BCUT2D eigenvalue weighted by Crippen LogP contribution is 2.32. The zero-order chi connectivity index (χ0) is 17.4. The SMILES string of the molecule is O=C(SC1CS(=O)(=O)CC1Cl)c1cc([N+](=O)[O-])cc([N+](=O)[O-])c1. The predicted octanol–water partition coefficient (Wildman–Crippen LogP) is 1.78. The molecule has 0 N–H and O–H groups in total. The van der Waals surface area contributed by atoms with Crippen molar-refractivity contribution in [2.45, 2.75) is 10.6 Å². The van der Waals surface area contributed by atoms with Crippen molar-refractivity contribution in [1.82, 2.24) is 0 Å². The van der Waals surface area contributed by atoms with Gasteiger partial charge >= 0.3 is 0 Å². The van der Waals surface area contributed by atoms with E-state index in [0.717, 1.165) is 18.2 Å². The highest BCUT2D eigenvalue weighted by molar-refractivity contribution is 8.15. The molecule has 1 aromatic rings. The number of nitro groups is 2. The Morgan fingerprint density at radius 3 is 2.04 bits per heavy atom. The highest BCUT2D eigenvalue weighted by Gasteiger charge is 2.38. The quantitative estimate of drug-likeness (QED) is 0.437. The van der Waals surface area contributed by atoms with Crippen LogP contribution in [0.3, 0.4) is 0 Å². The summed E-state index contributed by atoms with van der Waals surface area (Å²) < 4.78 is 22.9. The van der Waals surface area contributed by atoms with Crippen molar-refractivity contribution >= 4 is 49.7 Å². The predicted molar refractivity (Wildman–Crippen MR) is 83.8 cm³/mol. The first-order valence-corrected chi connectivity index (χ1v) is 9.22. The molecule has 1 heterocycles. The van der Waals surface area contributed by atoms with E-state index >= 15 is 0 Å². The number of nitro benzene ring substituents is 2. The topological polar surface area (TPSA) is 137 Å². The van der Waals surface area contributed by atoms with Gasteiger partial charge in [-0.2, -0.15) is 0 Å². The maximum Gasteiger partial charge on any atom is 0.277 e. The second-order valence-corrected chi connectivity index (χ2v) is 8.72. The standard InChI is InChI=1S/C11H9ClN2O7S2/c12-9-4-23(20,21)5-10(9)22-11(15)6-1-7(13(16)17)3-8(2-6)14(18)19/h1-3,9-10H,4-5H2. The molecule has 0 aromatic heterocycles. The molecular formula is C11H9ClN2O7S2. The van der Waals surface area contributed by atoms with Crippen molar-refractivity contribution < 1.29 is 23.1 Å². The van der Waals surface area contributed by atoms with Crippen LogP contribution in [0.5, 0.6) is 0 Å². The third kappa shape index (κ3) is 4.18. The fraction of sp³-hybridized carbons (Fsp3) is 0.364. The number of sulfone groups is 1. The smallest absolute Gasteiger partial charge is 0.277 e. The van der Waals surface area contributed by atoms with E-state index in [1.165, 1.54) is 0 Å². The second-order valence-electron chi connectivity index (χ2n) is 4.79. The number of alkyl halides is 1. The van der Waals surface area contributed by atoms with E-state index < -0.39 is 46.8 Å². The summed E-state index contributed by atoms with van der Waals surface area (Å²) in [6.45, 7) is 0. The molecule has 23 heavy (non-hydrogen) atoms. The van der Waals surface area contributed by atoms with E-state index in [0.29, 0.717) is 11.8 Å². The molecule has 2 unspecified atom stereocenters. The Balaban J connectivity index is 2.29. The van der Waals surface area contributed by atoms with Crippen LogP contribution in [0.15, 0.2) is 18.2 Å². The molecule has 0 saturated carbocycles. The molecule has 12 heteroatoms. The summed E-state index contributed by atoms with van der Waals surface area (Å²) in [6.07, 6.45) is 0. The summed E-state index contributed by atoms with van der Waals surface area (Å²) in [5, 5.41) is 19.4. The van der Waals surface area contributed by atoms with Crippen LogP contribution in [-0.2, 0) is 9.84 Å². The number of non-ortho nitro benzene ring substituents is 2. The first-order valence-electron chi connectivity index (χ1n) is 6.08. The third-order valence-corrected chi connectivity index (χ3v) is 7.04. The average molecular weight is 381 g/mol. The molecule has 0 amide bonds. The van der Waals surface area contributed by atoms with Crippen molar-refractivity contribution in [1.29, 1.82) is 0 Å². The Morgan fingerprint density at radius 1 is 1.13 bits per heavy atom. The largest absolute Gasteiger partial charge is 0.282 e. The van der Waals surface area contributed by atoms with Gasteiger partial charge in [0.25, 0.3) is 11.4 Å². The lowest BCUT2D eigenvalue weighted by atomic mass is 10.2. The number of hydrogen-bond donors (Lipinski definition) is 0. The molecule has 124 valence electrons. The lowest BCUT2D eigenvalue weighted by molar-refractivity contribution is -0.394. The number of carbonyl (C=O) groups is 1.